The van der Waals surface area contributed by atoms with Crippen molar-refractivity contribution >= 4 is 11.8 Å². The van der Waals surface area contributed by atoms with Gasteiger partial charge in [0, 0.05) is 30.0 Å². The van der Waals surface area contributed by atoms with E-state index in [1.54, 1.807) is 19.3 Å². The van der Waals surface area contributed by atoms with E-state index in [-0.39, 0.29) is 12.2 Å². The Hall–Kier alpha value is -0.740. The van der Waals surface area contributed by atoms with Crippen LogP contribution in [0, 0.1) is 0 Å². The molecule has 0 atom stereocenters. The Bertz CT molecular complexity index is 308. The Morgan fingerprint density at radius 1 is 1.67 bits per heavy atom. The number of aliphatic hydroxyl groups is 1. The van der Waals surface area contributed by atoms with E-state index in [1.165, 1.54) is 16.3 Å². The van der Waals surface area contributed by atoms with Crippen LogP contribution >= 0.6 is 11.8 Å². The average molecular weight is 185 g/mol. The Balaban J connectivity index is 2.76. The maximum atomic E-state index is 11.1. The highest BCUT2D eigenvalue weighted by Crippen LogP contribution is 2.13. The van der Waals surface area contributed by atoms with Crippen molar-refractivity contribution < 1.29 is 5.11 Å². The van der Waals surface area contributed by atoms with Crippen molar-refractivity contribution in [2.75, 3.05) is 12.4 Å². The van der Waals surface area contributed by atoms with Crippen LogP contribution in [-0.4, -0.2) is 22.0 Å². The molecule has 0 bridgehead atoms. The van der Waals surface area contributed by atoms with Crippen molar-refractivity contribution in [2.45, 2.75) is 4.90 Å². The summed E-state index contributed by atoms with van der Waals surface area (Å²) in [4.78, 5) is 12.0. The van der Waals surface area contributed by atoms with Gasteiger partial charge in [0.05, 0.1) is 6.61 Å². The van der Waals surface area contributed by atoms with Gasteiger partial charge in [0.1, 0.15) is 0 Å². The number of hydrogen-bond acceptors (Lipinski definition) is 3. The monoisotopic (exact) mass is 185 g/mol. The first-order valence-electron chi connectivity index (χ1n) is 3.64. The zero-order valence-electron chi connectivity index (χ0n) is 6.86. The lowest BCUT2D eigenvalue weighted by Crippen LogP contribution is -2.13. The van der Waals surface area contributed by atoms with Crippen LogP contribution in [0.2, 0.25) is 0 Å². The van der Waals surface area contributed by atoms with Crippen LogP contribution in [0.5, 0.6) is 0 Å². The first-order chi connectivity index (χ1) is 5.74. The zero-order chi connectivity index (χ0) is 8.97. The summed E-state index contributed by atoms with van der Waals surface area (Å²) >= 11 is 1.48. The summed E-state index contributed by atoms with van der Waals surface area (Å²) in [7, 11) is 1.71. The van der Waals surface area contributed by atoms with Gasteiger partial charge in [-0.25, -0.2) is 0 Å². The van der Waals surface area contributed by atoms with E-state index in [2.05, 4.69) is 0 Å². The number of thioether (sulfide) groups is 1. The predicted octanol–water partition coefficient (Wildman–Crippen LogP) is 0.470. The van der Waals surface area contributed by atoms with Crippen LogP contribution in [-0.2, 0) is 7.05 Å². The van der Waals surface area contributed by atoms with E-state index in [0.717, 1.165) is 4.90 Å². The second-order valence-corrected chi connectivity index (χ2v) is 3.55. The van der Waals surface area contributed by atoms with Crippen molar-refractivity contribution in [3.05, 3.63) is 28.7 Å². The van der Waals surface area contributed by atoms with Crippen molar-refractivity contribution in [1.82, 2.24) is 4.57 Å². The molecule has 1 N–H and O–H groups in total. The lowest BCUT2D eigenvalue weighted by atomic mass is 10.5. The molecule has 0 aliphatic carbocycles. The van der Waals surface area contributed by atoms with Crippen LogP contribution in [0.15, 0.2) is 28.0 Å². The molecule has 0 spiro atoms. The predicted molar refractivity (Wildman–Crippen MR) is 49.5 cm³/mol. The summed E-state index contributed by atoms with van der Waals surface area (Å²) in [5, 5.41) is 8.55. The number of aliphatic hydroxyl groups excluding tert-OH is 1. The van der Waals surface area contributed by atoms with Gasteiger partial charge in [-0.1, -0.05) is 0 Å². The van der Waals surface area contributed by atoms with Gasteiger partial charge in [-0.05, 0) is 6.07 Å². The fraction of sp³-hybridized carbons (Fsp3) is 0.375. The summed E-state index contributed by atoms with van der Waals surface area (Å²) in [6, 6.07) is 3.43. The van der Waals surface area contributed by atoms with Crippen molar-refractivity contribution in [3.63, 3.8) is 0 Å². The molecule has 0 aromatic carbocycles. The average Bonchev–Trinajstić information content (AvgIpc) is 2.07. The summed E-state index contributed by atoms with van der Waals surface area (Å²) in [6.45, 7) is 0.139. The number of nitrogens with zero attached hydrogens (tertiary/aromatic N) is 1. The quantitative estimate of drug-likeness (QED) is 0.696. The van der Waals surface area contributed by atoms with E-state index in [9.17, 15) is 4.79 Å². The molecule has 66 valence electrons. The van der Waals surface area contributed by atoms with Gasteiger partial charge < -0.3 is 9.67 Å². The third-order valence-electron chi connectivity index (χ3n) is 1.44. The number of aromatic nitrogens is 1. The second kappa shape index (κ2) is 4.33. The smallest absolute Gasteiger partial charge is 0.251 e. The van der Waals surface area contributed by atoms with E-state index in [0.29, 0.717) is 5.75 Å². The summed E-state index contributed by atoms with van der Waals surface area (Å²) in [5.41, 5.74) is -0.0158. The van der Waals surface area contributed by atoms with Crippen LogP contribution in [0.1, 0.15) is 0 Å². The van der Waals surface area contributed by atoms with E-state index >= 15 is 0 Å². The zero-order valence-corrected chi connectivity index (χ0v) is 7.67. The van der Waals surface area contributed by atoms with Crippen LogP contribution in [0.4, 0.5) is 0 Å². The molecule has 12 heavy (non-hydrogen) atoms. The topological polar surface area (TPSA) is 42.2 Å². The molecule has 0 saturated carbocycles. The second-order valence-electron chi connectivity index (χ2n) is 2.38. The molecule has 0 aliphatic heterocycles. The minimum absolute atomic E-state index is 0.0158. The molecule has 0 unspecified atom stereocenters. The van der Waals surface area contributed by atoms with Crippen LogP contribution < -0.4 is 5.56 Å². The van der Waals surface area contributed by atoms with Gasteiger partial charge in [0.15, 0.2) is 0 Å². The molecular weight excluding hydrogens is 174 g/mol. The Labute approximate surface area is 75.0 Å². The molecular formula is C8H11NO2S. The lowest BCUT2D eigenvalue weighted by molar-refractivity contribution is 0.322. The first kappa shape index (κ1) is 9.35. The maximum Gasteiger partial charge on any atom is 0.251 e. The molecule has 1 rings (SSSR count). The minimum Gasteiger partial charge on any atom is -0.396 e. The molecule has 1 aromatic rings. The largest absolute Gasteiger partial charge is 0.396 e. The molecule has 0 amide bonds. The van der Waals surface area contributed by atoms with Gasteiger partial charge in [-0.3, -0.25) is 4.79 Å². The van der Waals surface area contributed by atoms with Gasteiger partial charge >= 0.3 is 0 Å². The number of rotatable bonds is 3. The Morgan fingerprint density at radius 3 is 3.00 bits per heavy atom. The molecule has 1 heterocycles. The third-order valence-corrected chi connectivity index (χ3v) is 2.41. The molecule has 3 nitrogen and oxygen atoms in total. The van der Waals surface area contributed by atoms with Crippen molar-refractivity contribution in [1.29, 1.82) is 0 Å². The standard InChI is InChI=1S/C8H11NO2S/c1-9-3-2-7(6-8(9)11)12-5-4-10/h2-3,6,10H,4-5H2,1H3. The number of pyridine rings is 1. The SMILES string of the molecule is Cn1ccc(SCCO)cc1=O. The molecule has 0 aliphatic rings. The summed E-state index contributed by atoms with van der Waals surface area (Å²) in [6.07, 6.45) is 1.72. The van der Waals surface area contributed by atoms with Gasteiger partial charge in [-0.15, -0.1) is 11.8 Å². The van der Waals surface area contributed by atoms with Crippen molar-refractivity contribution in [2.24, 2.45) is 7.05 Å². The molecule has 0 radical (unpaired) electrons. The van der Waals surface area contributed by atoms with Gasteiger partial charge in [0.2, 0.25) is 0 Å². The highest BCUT2D eigenvalue weighted by atomic mass is 32.2. The van der Waals surface area contributed by atoms with Gasteiger partial charge in [0.25, 0.3) is 5.56 Å². The number of aryl methyl sites for hydroxylation is 1. The molecule has 0 saturated heterocycles. The molecule has 1 aromatic heterocycles. The fourth-order valence-corrected chi connectivity index (χ4v) is 1.45. The summed E-state index contributed by atoms with van der Waals surface area (Å²) < 4.78 is 1.52. The third kappa shape index (κ3) is 2.39. The van der Waals surface area contributed by atoms with Crippen LogP contribution in [0.25, 0.3) is 0 Å². The van der Waals surface area contributed by atoms with E-state index < -0.39 is 0 Å². The first-order valence-corrected chi connectivity index (χ1v) is 4.63. The molecule has 0 fully saturated rings. The number of hydrogen-bond donors (Lipinski definition) is 1. The van der Waals surface area contributed by atoms with E-state index in [4.69, 9.17) is 5.11 Å². The fourth-order valence-electron chi connectivity index (χ4n) is 0.784. The highest BCUT2D eigenvalue weighted by molar-refractivity contribution is 7.99. The highest BCUT2D eigenvalue weighted by Gasteiger charge is 1.94. The Kier molecular flexibility index (Phi) is 3.37. The minimum atomic E-state index is -0.0158. The van der Waals surface area contributed by atoms with Gasteiger partial charge in [-0.2, -0.15) is 0 Å². The summed E-state index contributed by atoms with van der Waals surface area (Å²) in [5.74, 6) is 0.632. The van der Waals surface area contributed by atoms with Crippen molar-refractivity contribution in [3.8, 4) is 0 Å². The lowest BCUT2D eigenvalue weighted by Gasteiger charge is -1.99. The van der Waals surface area contributed by atoms with E-state index in [1.807, 2.05) is 6.07 Å². The van der Waals surface area contributed by atoms with Crippen LogP contribution in [0.3, 0.4) is 0 Å². The maximum absolute atomic E-state index is 11.1. The molecule has 4 heteroatoms. The normalized spacial score (nSPS) is 10.2. The Morgan fingerprint density at radius 2 is 2.42 bits per heavy atom.